The Hall–Kier alpha value is -2.56. The monoisotopic (exact) mass is 330 g/mol. The molecule has 0 saturated carbocycles. The summed E-state index contributed by atoms with van der Waals surface area (Å²) < 4.78 is 17.2. The highest BCUT2D eigenvalue weighted by Gasteiger charge is 2.39. The predicted molar refractivity (Wildman–Crippen MR) is 87.3 cm³/mol. The number of hydrogen-bond donors (Lipinski definition) is 1. The average molecular weight is 330 g/mol. The molecule has 1 aliphatic rings. The van der Waals surface area contributed by atoms with E-state index in [-0.39, 0.29) is 28.8 Å². The first-order chi connectivity index (χ1) is 11.3. The Bertz CT molecular complexity index is 902. The summed E-state index contributed by atoms with van der Waals surface area (Å²) >= 11 is 0. The van der Waals surface area contributed by atoms with Crippen LogP contribution in [0.2, 0.25) is 0 Å². The summed E-state index contributed by atoms with van der Waals surface area (Å²) in [6.07, 6.45) is 1.20. The summed E-state index contributed by atoms with van der Waals surface area (Å²) in [7, 11) is 0. The van der Waals surface area contributed by atoms with Crippen molar-refractivity contribution >= 4 is 16.9 Å². The molecule has 1 aliphatic heterocycles. The van der Waals surface area contributed by atoms with Gasteiger partial charge in [0.25, 0.3) is 0 Å². The Labute approximate surface area is 138 Å². The molecule has 1 N–H and O–H groups in total. The molecule has 1 aromatic carbocycles. The van der Waals surface area contributed by atoms with Crippen LogP contribution in [0.25, 0.3) is 11.0 Å². The topological polar surface area (TPSA) is 86.0 Å². The molecule has 0 saturated heterocycles. The van der Waals surface area contributed by atoms with E-state index < -0.39 is 11.7 Å². The maximum atomic E-state index is 12.2. The summed E-state index contributed by atoms with van der Waals surface area (Å²) in [5.74, 6) is 2.44. The lowest BCUT2D eigenvalue weighted by molar-refractivity contribution is -0.0756. The first-order valence-corrected chi connectivity index (χ1v) is 7.62. The summed E-state index contributed by atoms with van der Waals surface area (Å²) in [4.78, 5) is 22.5. The molecule has 1 unspecified atom stereocenters. The fraction of sp³-hybridized carbons (Fsp3) is 0.389. The molecule has 0 amide bonds. The van der Waals surface area contributed by atoms with E-state index in [1.807, 2.05) is 13.8 Å². The summed E-state index contributed by atoms with van der Waals surface area (Å²) in [6.45, 7) is 5.50. The molecule has 2 heterocycles. The van der Waals surface area contributed by atoms with Crippen molar-refractivity contribution < 1.29 is 23.8 Å². The number of aryl methyl sites for hydroxylation is 1. The first kappa shape index (κ1) is 16.3. The van der Waals surface area contributed by atoms with Crippen molar-refractivity contribution in [3.8, 4) is 11.5 Å². The minimum Gasteiger partial charge on any atom is -0.507 e. The molecule has 1 atom stereocenters. The number of phenolic OH excluding ortho intramolecular Hbond substituents is 1. The number of aromatic hydroxyl groups is 1. The van der Waals surface area contributed by atoms with E-state index >= 15 is 0 Å². The zero-order valence-electron chi connectivity index (χ0n) is 13.7. The first-order valence-electron chi connectivity index (χ1n) is 7.62. The van der Waals surface area contributed by atoms with Crippen molar-refractivity contribution in [3.63, 3.8) is 0 Å². The molecule has 6 nitrogen and oxygen atoms in total. The smallest absolute Gasteiger partial charge is 0.196 e. The maximum absolute atomic E-state index is 12.2. The zero-order chi connectivity index (χ0) is 17.5. The van der Waals surface area contributed by atoms with E-state index in [9.17, 15) is 14.7 Å². The number of rotatable bonds is 3. The summed E-state index contributed by atoms with van der Waals surface area (Å²) in [5.41, 5.74) is -0.192. The van der Waals surface area contributed by atoms with Gasteiger partial charge in [-0.05, 0) is 20.8 Å². The number of phenols is 1. The van der Waals surface area contributed by atoms with Crippen LogP contribution in [0.15, 0.2) is 27.4 Å². The summed E-state index contributed by atoms with van der Waals surface area (Å²) in [6, 6.07) is 2.97. The Balaban J connectivity index is 2.11. The second kappa shape index (κ2) is 5.82. The van der Waals surface area contributed by atoms with E-state index in [0.717, 1.165) is 0 Å². The van der Waals surface area contributed by atoms with Gasteiger partial charge in [0.15, 0.2) is 5.43 Å². The van der Waals surface area contributed by atoms with Crippen LogP contribution in [0.1, 0.15) is 25.2 Å². The van der Waals surface area contributed by atoms with Crippen LogP contribution in [0, 0.1) is 6.92 Å². The van der Waals surface area contributed by atoms with Crippen molar-refractivity contribution in [2.75, 3.05) is 6.61 Å². The molecule has 3 rings (SSSR count). The number of ether oxygens (including phenoxy) is 2. The van der Waals surface area contributed by atoms with Crippen molar-refractivity contribution in [2.24, 2.45) is 0 Å². The molecule has 0 aliphatic carbocycles. The highest BCUT2D eigenvalue weighted by Crippen LogP contribution is 2.42. The van der Waals surface area contributed by atoms with Gasteiger partial charge in [-0.25, -0.2) is 4.79 Å². The Morgan fingerprint density at radius 3 is 2.92 bits per heavy atom. The van der Waals surface area contributed by atoms with Gasteiger partial charge in [0.2, 0.25) is 0 Å². The van der Waals surface area contributed by atoms with Crippen molar-refractivity contribution in [2.45, 2.75) is 38.9 Å². The van der Waals surface area contributed by atoms with Crippen LogP contribution < -0.4 is 10.2 Å². The number of benzene rings is 1. The Morgan fingerprint density at radius 2 is 2.21 bits per heavy atom. The number of carbonyl (C=O) groups excluding carboxylic acids is 1. The van der Waals surface area contributed by atoms with Crippen molar-refractivity contribution in [1.29, 1.82) is 0 Å². The quantitative estimate of drug-likeness (QED) is 0.869. The lowest BCUT2D eigenvalue weighted by Crippen LogP contribution is -2.48. The molecule has 0 spiro atoms. The Kier molecular flexibility index (Phi) is 3.95. The van der Waals surface area contributed by atoms with Gasteiger partial charge >= 0.3 is 0 Å². The fourth-order valence-corrected chi connectivity index (χ4v) is 2.97. The second-order valence-corrected chi connectivity index (χ2v) is 6.35. The van der Waals surface area contributed by atoms with Crippen LogP contribution in [-0.2, 0) is 16.0 Å². The van der Waals surface area contributed by atoms with E-state index in [1.54, 1.807) is 18.9 Å². The molecule has 6 heteroatoms. The van der Waals surface area contributed by atoms with E-state index in [0.29, 0.717) is 23.5 Å². The molecule has 126 valence electrons. The predicted octanol–water partition coefficient (Wildman–Crippen LogP) is 2.29. The third-order valence-electron chi connectivity index (χ3n) is 4.18. The molecular weight excluding hydrogens is 312 g/mol. The summed E-state index contributed by atoms with van der Waals surface area (Å²) in [5, 5.41) is 10.7. The van der Waals surface area contributed by atoms with Crippen LogP contribution >= 0.6 is 0 Å². The standard InChI is InChI=1S/C18H18O6/c1-10-7-12(20)16-14(23-10)9-13-11(17(16)21)8-15(18(2,3)24-13)22-6-4-5-19/h4,7,9,15,21H,6,8H2,1-3H3. The SMILES string of the molecule is Cc1cc(=O)c2c(O)c3c(cc2o1)OC(C)(C)C(OCC=C=O)C3. The normalized spacial score (nSPS) is 18.5. The van der Waals surface area contributed by atoms with Gasteiger partial charge in [0.1, 0.15) is 45.9 Å². The zero-order valence-corrected chi connectivity index (χ0v) is 13.7. The largest absolute Gasteiger partial charge is 0.507 e. The number of hydrogen-bond acceptors (Lipinski definition) is 6. The van der Waals surface area contributed by atoms with Gasteiger partial charge in [0, 0.05) is 30.2 Å². The van der Waals surface area contributed by atoms with Crippen LogP contribution in [-0.4, -0.2) is 29.4 Å². The lowest BCUT2D eigenvalue weighted by atomic mass is 9.89. The molecular formula is C18H18O6. The van der Waals surface area contributed by atoms with Crippen LogP contribution in [0.5, 0.6) is 11.5 Å². The van der Waals surface area contributed by atoms with Gasteiger partial charge < -0.3 is 19.0 Å². The van der Waals surface area contributed by atoms with E-state index in [1.165, 1.54) is 12.1 Å². The molecule has 2 aromatic rings. The highest BCUT2D eigenvalue weighted by molar-refractivity contribution is 5.87. The maximum Gasteiger partial charge on any atom is 0.196 e. The molecule has 1 aromatic heterocycles. The average Bonchev–Trinajstić information content (AvgIpc) is 2.47. The minimum absolute atomic E-state index is 0.103. The van der Waals surface area contributed by atoms with Gasteiger partial charge in [-0.3, -0.25) is 4.79 Å². The third-order valence-corrected chi connectivity index (χ3v) is 4.18. The molecule has 0 radical (unpaired) electrons. The molecule has 24 heavy (non-hydrogen) atoms. The second-order valence-electron chi connectivity index (χ2n) is 6.35. The molecule has 0 fully saturated rings. The van der Waals surface area contributed by atoms with Crippen LogP contribution in [0.3, 0.4) is 0 Å². The van der Waals surface area contributed by atoms with E-state index in [2.05, 4.69) is 0 Å². The Morgan fingerprint density at radius 1 is 1.46 bits per heavy atom. The van der Waals surface area contributed by atoms with Crippen LogP contribution in [0.4, 0.5) is 0 Å². The lowest BCUT2D eigenvalue weighted by Gasteiger charge is -2.39. The van der Waals surface area contributed by atoms with E-state index in [4.69, 9.17) is 13.9 Å². The van der Waals surface area contributed by atoms with Gasteiger partial charge in [-0.1, -0.05) is 0 Å². The number of fused-ring (bicyclic) bond motifs is 2. The minimum atomic E-state index is -0.673. The molecule has 0 bridgehead atoms. The van der Waals surface area contributed by atoms with Gasteiger partial charge in [0.05, 0.1) is 6.61 Å². The fourth-order valence-electron chi connectivity index (χ4n) is 2.97. The van der Waals surface area contributed by atoms with Crippen molar-refractivity contribution in [3.05, 3.63) is 39.8 Å². The van der Waals surface area contributed by atoms with Gasteiger partial charge in [-0.15, -0.1) is 0 Å². The van der Waals surface area contributed by atoms with Gasteiger partial charge in [-0.2, -0.15) is 0 Å². The van der Waals surface area contributed by atoms with Crippen molar-refractivity contribution in [1.82, 2.24) is 0 Å². The third kappa shape index (κ3) is 2.70. The highest BCUT2D eigenvalue weighted by atomic mass is 16.6.